The fourth-order valence-corrected chi connectivity index (χ4v) is 2.38. The van der Waals surface area contributed by atoms with Gasteiger partial charge in [-0.2, -0.15) is 0 Å². The second kappa shape index (κ2) is 7.22. The first kappa shape index (κ1) is 13.9. The summed E-state index contributed by atoms with van der Waals surface area (Å²) in [6, 6.07) is 0.222. The molecule has 3 N–H and O–H groups in total. The minimum absolute atomic E-state index is 0.0256. The lowest BCUT2D eigenvalue weighted by Crippen LogP contribution is -2.52. The third-order valence-corrected chi connectivity index (χ3v) is 3.47. The highest BCUT2D eigenvalue weighted by Crippen LogP contribution is 2.22. The molecule has 0 radical (unpaired) electrons. The highest BCUT2D eigenvalue weighted by atomic mass is 16.3. The molecule has 1 aliphatic heterocycles. The molecule has 0 aliphatic carbocycles. The molecule has 0 amide bonds. The second-order valence-electron chi connectivity index (χ2n) is 4.79. The molecule has 3 atom stereocenters. The number of nitrogens with zero attached hydrogens (tertiary/aromatic N) is 1. The van der Waals surface area contributed by atoms with Crippen LogP contribution in [0.4, 0.5) is 0 Å². The molecule has 1 saturated heterocycles. The Balaban J connectivity index is 2.31. The van der Waals surface area contributed by atoms with Crippen LogP contribution in [0.15, 0.2) is 0 Å². The third-order valence-electron chi connectivity index (χ3n) is 3.47. The van der Waals surface area contributed by atoms with Crippen molar-refractivity contribution in [2.75, 3.05) is 13.3 Å². The van der Waals surface area contributed by atoms with Crippen molar-refractivity contribution in [3.63, 3.8) is 0 Å². The van der Waals surface area contributed by atoms with Gasteiger partial charge < -0.3 is 15.3 Å². The van der Waals surface area contributed by atoms with Gasteiger partial charge in [0.1, 0.15) is 0 Å². The van der Waals surface area contributed by atoms with Gasteiger partial charge in [0.25, 0.3) is 0 Å². The van der Waals surface area contributed by atoms with Gasteiger partial charge >= 0.3 is 0 Å². The van der Waals surface area contributed by atoms with E-state index in [0.29, 0.717) is 13.0 Å². The summed E-state index contributed by atoms with van der Waals surface area (Å²) >= 11 is 0. The summed E-state index contributed by atoms with van der Waals surface area (Å²) in [5.74, 6) is 0. The Labute approximate surface area is 97.9 Å². The summed E-state index contributed by atoms with van der Waals surface area (Å²) in [5, 5.41) is 28.3. The van der Waals surface area contributed by atoms with Crippen LogP contribution in [-0.4, -0.2) is 51.7 Å². The molecular formula is C12H25NO3. The number of likely N-dealkylation sites (tertiary alicyclic amines) is 1. The molecule has 96 valence electrons. The first-order valence-electron chi connectivity index (χ1n) is 6.40. The molecule has 4 heteroatoms. The van der Waals surface area contributed by atoms with Crippen molar-refractivity contribution in [3.8, 4) is 0 Å². The van der Waals surface area contributed by atoms with Gasteiger partial charge in [-0.3, -0.25) is 4.90 Å². The number of hydrogen-bond donors (Lipinski definition) is 3. The van der Waals surface area contributed by atoms with Gasteiger partial charge in [0.15, 0.2) is 0 Å². The van der Waals surface area contributed by atoms with E-state index in [2.05, 4.69) is 6.92 Å². The van der Waals surface area contributed by atoms with Crippen LogP contribution in [0.25, 0.3) is 0 Å². The van der Waals surface area contributed by atoms with Crippen LogP contribution in [0.1, 0.15) is 45.4 Å². The van der Waals surface area contributed by atoms with Crippen molar-refractivity contribution < 1.29 is 15.3 Å². The lowest BCUT2D eigenvalue weighted by molar-refractivity contribution is -0.0849. The van der Waals surface area contributed by atoms with Crippen LogP contribution in [0.2, 0.25) is 0 Å². The molecule has 3 unspecified atom stereocenters. The zero-order valence-corrected chi connectivity index (χ0v) is 10.2. The zero-order chi connectivity index (χ0) is 12.0. The first-order chi connectivity index (χ1) is 7.69. The molecule has 1 rings (SSSR count). The van der Waals surface area contributed by atoms with Crippen molar-refractivity contribution >= 4 is 0 Å². The number of piperidine rings is 1. The molecule has 0 aromatic carbocycles. The van der Waals surface area contributed by atoms with Gasteiger partial charge in [0.05, 0.1) is 18.9 Å². The maximum Gasteiger partial charge on any atom is 0.0959 e. The normalized spacial score (nSPS) is 31.9. The molecule has 0 aromatic heterocycles. The van der Waals surface area contributed by atoms with E-state index >= 15 is 0 Å². The monoisotopic (exact) mass is 231 g/mol. The zero-order valence-electron chi connectivity index (χ0n) is 10.2. The summed E-state index contributed by atoms with van der Waals surface area (Å²) in [7, 11) is 0. The molecule has 0 saturated carbocycles. The van der Waals surface area contributed by atoms with E-state index in [1.165, 1.54) is 19.3 Å². The van der Waals surface area contributed by atoms with Crippen molar-refractivity contribution in [3.05, 3.63) is 0 Å². The van der Waals surface area contributed by atoms with Gasteiger partial charge in [-0.25, -0.2) is 0 Å². The summed E-state index contributed by atoms with van der Waals surface area (Å²) in [6.45, 7) is 2.54. The lowest BCUT2D eigenvalue weighted by atomic mass is 9.93. The summed E-state index contributed by atoms with van der Waals surface area (Å²) < 4.78 is 0. The average Bonchev–Trinajstić information content (AvgIpc) is 2.28. The average molecular weight is 231 g/mol. The van der Waals surface area contributed by atoms with Crippen molar-refractivity contribution in [1.82, 2.24) is 4.90 Å². The lowest BCUT2D eigenvalue weighted by Gasteiger charge is -2.39. The van der Waals surface area contributed by atoms with Crippen LogP contribution in [0, 0.1) is 0 Å². The quantitative estimate of drug-likeness (QED) is 0.589. The molecule has 1 aliphatic rings. The summed E-state index contributed by atoms with van der Waals surface area (Å²) in [6.07, 6.45) is 5.06. The number of aliphatic hydroxyl groups excluding tert-OH is 3. The number of rotatable bonds is 6. The Kier molecular flexibility index (Phi) is 6.28. The van der Waals surface area contributed by atoms with E-state index in [9.17, 15) is 15.3 Å². The van der Waals surface area contributed by atoms with Crippen molar-refractivity contribution in [1.29, 1.82) is 0 Å². The molecule has 0 spiro atoms. The van der Waals surface area contributed by atoms with Crippen LogP contribution in [0.3, 0.4) is 0 Å². The first-order valence-corrected chi connectivity index (χ1v) is 6.40. The Morgan fingerprint density at radius 3 is 2.50 bits per heavy atom. The predicted octanol–water partition coefficient (Wildman–Crippen LogP) is 0.703. The van der Waals surface area contributed by atoms with Crippen LogP contribution in [-0.2, 0) is 0 Å². The maximum absolute atomic E-state index is 9.61. The molecule has 0 bridgehead atoms. The number of aliphatic hydroxyl groups is 3. The molecule has 4 nitrogen and oxygen atoms in total. The largest absolute Gasteiger partial charge is 0.390 e. The van der Waals surface area contributed by atoms with E-state index < -0.39 is 12.2 Å². The minimum atomic E-state index is -0.709. The molecule has 16 heavy (non-hydrogen) atoms. The number of hydrogen-bond acceptors (Lipinski definition) is 4. The van der Waals surface area contributed by atoms with Gasteiger partial charge in [-0.1, -0.05) is 32.6 Å². The Hall–Kier alpha value is -0.160. The summed E-state index contributed by atoms with van der Waals surface area (Å²) in [5.41, 5.74) is 0. The van der Waals surface area contributed by atoms with Gasteiger partial charge in [0.2, 0.25) is 0 Å². The maximum atomic E-state index is 9.61. The SMILES string of the molecule is CCCCCCC1CC(O)C(O)CN1CO. The van der Waals surface area contributed by atoms with E-state index in [1.54, 1.807) is 0 Å². The second-order valence-corrected chi connectivity index (χ2v) is 4.79. The van der Waals surface area contributed by atoms with E-state index in [4.69, 9.17) is 0 Å². The van der Waals surface area contributed by atoms with Gasteiger partial charge in [-0.05, 0) is 12.8 Å². The van der Waals surface area contributed by atoms with Gasteiger partial charge in [-0.15, -0.1) is 0 Å². The Morgan fingerprint density at radius 1 is 1.12 bits per heavy atom. The summed E-state index contributed by atoms with van der Waals surface area (Å²) in [4.78, 5) is 1.86. The predicted molar refractivity (Wildman–Crippen MR) is 63.0 cm³/mol. The van der Waals surface area contributed by atoms with E-state index in [0.717, 1.165) is 12.8 Å². The molecular weight excluding hydrogens is 206 g/mol. The van der Waals surface area contributed by atoms with E-state index in [-0.39, 0.29) is 12.8 Å². The topological polar surface area (TPSA) is 63.9 Å². The van der Waals surface area contributed by atoms with Crippen molar-refractivity contribution in [2.45, 2.75) is 63.7 Å². The van der Waals surface area contributed by atoms with Gasteiger partial charge in [0, 0.05) is 12.6 Å². The van der Waals surface area contributed by atoms with E-state index in [1.807, 2.05) is 4.90 Å². The van der Waals surface area contributed by atoms with Crippen LogP contribution >= 0.6 is 0 Å². The van der Waals surface area contributed by atoms with Crippen molar-refractivity contribution in [2.24, 2.45) is 0 Å². The Bertz CT molecular complexity index is 189. The standard InChI is InChI=1S/C12H25NO3/c1-2-3-4-5-6-10-7-11(15)12(16)8-13(10)9-14/h10-12,14-16H,2-9H2,1H3. The fourth-order valence-electron chi connectivity index (χ4n) is 2.38. The number of β-amino-alcohol motifs (C(OH)–C–C–N with tert-alkyl or cyclic N) is 1. The number of unbranched alkanes of at least 4 members (excludes halogenated alkanes) is 3. The fraction of sp³-hybridized carbons (Fsp3) is 1.00. The molecule has 1 heterocycles. The smallest absolute Gasteiger partial charge is 0.0959 e. The molecule has 1 fully saturated rings. The van der Waals surface area contributed by atoms with Crippen LogP contribution in [0.5, 0.6) is 0 Å². The van der Waals surface area contributed by atoms with Crippen LogP contribution < -0.4 is 0 Å². The highest BCUT2D eigenvalue weighted by molar-refractivity contribution is 4.85. The molecule has 0 aromatic rings. The Morgan fingerprint density at radius 2 is 1.88 bits per heavy atom. The minimum Gasteiger partial charge on any atom is -0.390 e. The third kappa shape index (κ3) is 4.01. The highest BCUT2D eigenvalue weighted by Gasteiger charge is 2.32.